The molecule has 1 aliphatic rings. The van der Waals surface area contributed by atoms with E-state index < -0.39 is 9.84 Å². The quantitative estimate of drug-likeness (QED) is 0.534. The molecule has 0 radical (unpaired) electrons. The van der Waals surface area contributed by atoms with Crippen molar-refractivity contribution < 1.29 is 17.6 Å². The Morgan fingerprint density at radius 2 is 2.06 bits per heavy atom. The number of nitrogens with zero attached hydrogens (tertiary/aromatic N) is 3. The first kappa shape index (κ1) is 22.8. The molecule has 1 N–H and O–H groups in total. The SMILES string of the molecule is CC[C@H](C[C@@H]1CC[C@H](C)N1CS(=O)(=O)c1c(C)n[nH]c1C)Oc1nc2cc(C)ccc2o1. The van der Waals surface area contributed by atoms with Crippen molar-refractivity contribution in [1.82, 2.24) is 20.1 Å². The number of hydrogen-bond donors (Lipinski definition) is 1. The number of fused-ring (bicyclic) bond motifs is 1. The minimum atomic E-state index is -3.49. The van der Waals surface area contributed by atoms with Crippen molar-refractivity contribution in [3.8, 4) is 6.08 Å². The van der Waals surface area contributed by atoms with Crippen LogP contribution in [0.2, 0.25) is 0 Å². The molecule has 1 aliphatic heterocycles. The molecule has 3 heterocycles. The number of aromatic nitrogens is 3. The molecule has 0 bridgehead atoms. The lowest BCUT2D eigenvalue weighted by atomic mass is 10.1. The molecule has 0 aliphatic carbocycles. The summed E-state index contributed by atoms with van der Waals surface area (Å²) >= 11 is 0. The average molecular weight is 461 g/mol. The summed E-state index contributed by atoms with van der Waals surface area (Å²) in [5, 5.41) is 6.86. The molecule has 1 fully saturated rings. The first-order valence-corrected chi connectivity index (χ1v) is 12.9. The highest BCUT2D eigenvalue weighted by Gasteiger charge is 2.37. The normalized spacial score (nSPS) is 20.8. The van der Waals surface area contributed by atoms with E-state index in [1.54, 1.807) is 13.8 Å². The number of sulfone groups is 1. The van der Waals surface area contributed by atoms with E-state index >= 15 is 0 Å². The van der Waals surface area contributed by atoms with E-state index in [1.807, 2.05) is 25.1 Å². The average Bonchev–Trinajstić information content (AvgIpc) is 3.39. The van der Waals surface area contributed by atoms with Crippen LogP contribution < -0.4 is 4.74 Å². The van der Waals surface area contributed by atoms with Gasteiger partial charge in [-0.15, -0.1) is 0 Å². The first-order valence-electron chi connectivity index (χ1n) is 11.2. The summed E-state index contributed by atoms with van der Waals surface area (Å²) in [5.74, 6) is -0.0152. The molecule has 0 spiro atoms. The highest BCUT2D eigenvalue weighted by atomic mass is 32.2. The Bertz CT molecular complexity index is 1180. The van der Waals surface area contributed by atoms with Crippen molar-refractivity contribution in [3.63, 3.8) is 0 Å². The molecular formula is C23H32N4O4S. The lowest BCUT2D eigenvalue weighted by Gasteiger charge is -2.30. The van der Waals surface area contributed by atoms with E-state index in [0.717, 1.165) is 36.8 Å². The topological polar surface area (TPSA) is 101 Å². The summed E-state index contributed by atoms with van der Waals surface area (Å²) in [5.41, 5.74) is 3.71. The van der Waals surface area contributed by atoms with Crippen LogP contribution >= 0.6 is 0 Å². The van der Waals surface area contributed by atoms with Gasteiger partial charge >= 0.3 is 6.08 Å². The molecule has 3 aromatic rings. The number of ether oxygens (including phenoxy) is 1. The van der Waals surface area contributed by atoms with Gasteiger partial charge in [-0.1, -0.05) is 13.0 Å². The highest BCUT2D eigenvalue weighted by molar-refractivity contribution is 7.91. The van der Waals surface area contributed by atoms with Gasteiger partial charge in [-0.25, -0.2) is 8.42 Å². The Balaban J connectivity index is 1.48. The van der Waals surface area contributed by atoms with Crippen molar-refractivity contribution in [3.05, 3.63) is 35.2 Å². The van der Waals surface area contributed by atoms with Crippen LogP contribution in [0.25, 0.3) is 11.1 Å². The molecule has 32 heavy (non-hydrogen) atoms. The number of nitrogens with one attached hydrogen (secondary N) is 1. The molecule has 4 rings (SSSR count). The molecule has 1 saturated heterocycles. The Hall–Kier alpha value is -2.39. The minimum absolute atomic E-state index is 0.0152. The number of H-pyrrole nitrogens is 1. The van der Waals surface area contributed by atoms with Gasteiger partial charge in [0.1, 0.15) is 22.4 Å². The Kier molecular flexibility index (Phi) is 6.31. The number of likely N-dealkylation sites (tertiary alicyclic amines) is 1. The smallest absolute Gasteiger partial charge is 0.394 e. The van der Waals surface area contributed by atoms with E-state index in [-0.39, 0.29) is 30.1 Å². The summed E-state index contributed by atoms with van der Waals surface area (Å²) < 4.78 is 38.3. The van der Waals surface area contributed by atoms with Gasteiger partial charge in [-0.3, -0.25) is 10.00 Å². The Morgan fingerprint density at radius 1 is 1.28 bits per heavy atom. The van der Waals surface area contributed by atoms with E-state index in [0.29, 0.717) is 21.9 Å². The second-order valence-electron chi connectivity index (χ2n) is 8.94. The summed E-state index contributed by atoms with van der Waals surface area (Å²) in [4.78, 5) is 6.89. The standard InChI is InChI=1S/C23H32N4O4S/c1-6-19(30-23-24-20-11-14(2)7-10-21(20)31-23)12-18-9-8-15(3)27(18)13-32(28,29)22-16(4)25-26-17(22)5/h7,10-11,15,18-19H,6,8-9,12-13H2,1-5H3,(H,25,26)/t15-,18-,19+/m0/s1. The molecule has 0 saturated carbocycles. The number of aromatic amines is 1. The number of oxazole rings is 1. The van der Waals surface area contributed by atoms with Crippen LogP contribution in [-0.2, 0) is 9.84 Å². The molecule has 2 aromatic heterocycles. The first-order chi connectivity index (χ1) is 15.2. The fourth-order valence-corrected chi connectivity index (χ4v) is 6.68. The molecule has 0 unspecified atom stereocenters. The van der Waals surface area contributed by atoms with Gasteiger partial charge in [0.15, 0.2) is 15.4 Å². The fraction of sp³-hybridized carbons (Fsp3) is 0.565. The minimum Gasteiger partial charge on any atom is -0.447 e. The zero-order valence-electron chi connectivity index (χ0n) is 19.4. The summed E-state index contributed by atoms with van der Waals surface area (Å²) in [6.45, 7) is 9.65. The molecule has 9 heteroatoms. The van der Waals surface area contributed by atoms with Crippen LogP contribution in [0.3, 0.4) is 0 Å². The van der Waals surface area contributed by atoms with Gasteiger partial charge in [-0.2, -0.15) is 10.1 Å². The molecule has 174 valence electrons. The van der Waals surface area contributed by atoms with Gasteiger partial charge in [0.25, 0.3) is 0 Å². The molecule has 8 nitrogen and oxygen atoms in total. The van der Waals surface area contributed by atoms with Crippen molar-refractivity contribution in [2.75, 3.05) is 5.88 Å². The van der Waals surface area contributed by atoms with Crippen molar-refractivity contribution >= 4 is 20.9 Å². The monoisotopic (exact) mass is 460 g/mol. The van der Waals surface area contributed by atoms with E-state index in [1.165, 1.54) is 0 Å². The summed E-state index contributed by atoms with van der Waals surface area (Å²) in [7, 11) is -3.49. The van der Waals surface area contributed by atoms with E-state index in [4.69, 9.17) is 9.15 Å². The number of aryl methyl sites for hydroxylation is 3. The van der Waals surface area contributed by atoms with Gasteiger partial charge in [0.2, 0.25) is 0 Å². The summed E-state index contributed by atoms with van der Waals surface area (Å²) in [6.07, 6.45) is 3.56. The maximum absolute atomic E-state index is 13.2. The highest BCUT2D eigenvalue weighted by Crippen LogP contribution is 2.32. The van der Waals surface area contributed by atoms with Crippen LogP contribution in [0.5, 0.6) is 6.08 Å². The largest absolute Gasteiger partial charge is 0.447 e. The molecule has 1 aromatic carbocycles. The maximum Gasteiger partial charge on any atom is 0.394 e. The van der Waals surface area contributed by atoms with Crippen LogP contribution in [0.15, 0.2) is 27.5 Å². The Labute approximate surface area is 189 Å². The zero-order chi connectivity index (χ0) is 23.0. The van der Waals surface area contributed by atoms with Crippen molar-refractivity contribution in [1.29, 1.82) is 0 Å². The van der Waals surface area contributed by atoms with Gasteiger partial charge in [-0.05, 0) is 64.7 Å². The fourth-order valence-electron chi connectivity index (χ4n) is 4.68. The predicted molar refractivity (Wildman–Crippen MR) is 123 cm³/mol. The van der Waals surface area contributed by atoms with Crippen LogP contribution in [0, 0.1) is 20.8 Å². The third kappa shape index (κ3) is 4.54. The number of rotatable bonds is 8. The van der Waals surface area contributed by atoms with E-state index in [9.17, 15) is 8.42 Å². The maximum atomic E-state index is 13.2. The third-order valence-corrected chi connectivity index (χ3v) is 8.29. The lowest BCUT2D eigenvalue weighted by Crippen LogP contribution is -2.41. The second-order valence-corrected chi connectivity index (χ2v) is 10.8. The molecule has 3 atom stereocenters. The van der Waals surface area contributed by atoms with Gasteiger partial charge in [0.05, 0.1) is 11.4 Å². The van der Waals surface area contributed by atoms with Gasteiger partial charge < -0.3 is 9.15 Å². The number of hydrogen-bond acceptors (Lipinski definition) is 7. The van der Waals surface area contributed by atoms with Crippen molar-refractivity contribution in [2.24, 2.45) is 0 Å². The van der Waals surface area contributed by atoms with Crippen LogP contribution in [-0.4, -0.2) is 52.6 Å². The molecule has 0 amide bonds. The predicted octanol–water partition coefficient (Wildman–Crippen LogP) is 4.31. The van der Waals surface area contributed by atoms with Gasteiger partial charge in [0, 0.05) is 18.5 Å². The molecular weight excluding hydrogens is 428 g/mol. The third-order valence-electron chi connectivity index (χ3n) is 6.42. The van der Waals surface area contributed by atoms with Crippen LogP contribution in [0.4, 0.5) is 0 Å². The number of benzene rings is 1. The zero-order valence-corrected chi connectivity index (χ0v) is 20.2. The summed E-state index contributed by atoms with van der Waals surface area (Å²) in [6, 6.07) is 6.15. The lowest BCUT2D eigenvalue weighted by molar-refractivity contribution is 0.104. The van der Waals surface area contributed by atoms with E-state index in [2.05, 4.69) is 33.9 Å². The Morgan fingerprint density at radius 3 is 2.75 bits per heavy atom. The second kappa shape index (κ2) is 8.86. The van der Waals surface area contributed by atoms with Crippen LogP contribution in [0.1, 0.15) is 56.5 Å². The van der Waals surface area contributed by atoms with Crippen molar-refractivity contribution in [2.45, 2.75) is 83.4 Å².